The van der Waals surface area contributed by atoms with E-state index >= 15 is 0 Å². The summed E-state index contributed by atoms with van der Waals surface area (Å²) in [5, 5.41) is 4.05. The van der Waals surface area contributed by atoms with Gasteiger partial charge in [-0.05, 0) is 36.2 Å². The molecule has 0 atom stereocenters. The first-order valence-corrected chi connectivity index (χ1v) is 9.87. The molecule has 134 valence electrons. The summed E-state index contributed by atoms with van der Waals surface area (Å²) in [6.07, 6.45) is 0.867. The van der Waals surface area contributed by atoms with Crippen molar-refractivity contribution in [2.75, 3.05) is 11.1 Å². The highest BCUT2D eigenvalue weighted by molar-refractivity contribution is 7.99. The lowest BCUT2D eigenvalue weighted by Crippen LogP contribution is -2.15. The Bertz CT molecular complexity index is 1000. The fourth-order valence-corrected chi connectivity index (χ4v) is 3.65. The van der Waals surface area contributed by atoms with Crippen molar-refractivity contribution < 1.29 is 4.79 Å². The van der Waals surface area contributed by atoms with Gasteiger partial charge in [-0.15, -0.1) is 11.8 Å². The van der Waals surface area contributed by atoms with Crippen molar-refractivity contribution in [1.29, 1.82) is 0 Å². The maximum absolute atomic E-state index is 12.2. The molecule has 26 heavy (non-hydrogen) atoms. The number of aromatic nitrogens is 1. The number of carbonyl (C=O) groups is 1. The molecule has 1 aromatic heterocycles. The van der Waals surface area contributed by atoms with E-state index in [1.54, 1.807) is 24.3 Å². The molecular formula is C20H19ClN2O2S. The van der Waals surface area contributed by atoms with Crippen LogP contribution in [0, 0.1) is 0 Å². The van der Waals surface area contributed by atoms with Gasteiger partial charge in [0.25, 0.3) is 0 Å². The second kappa shape index (κ2) is 8.43. The third-order valence-corrected chi connectivity index (χ3v) is 5.23. The monoisotopic (exact) mass is 386 g/mol. The minimum atomic E-state index is -0.0711. The smallest absolute Gasteiger partial charge is 0.234 e. The largest absolute Gasteiger partial charge is 0.357 e. The minimum Gasteiger partial charge on any atom is -0.357 e. The fraction of sp³-hybridized carbons (Fsp3) is 0.200. The predicted octanol–water partition coefficient (Wildman–Crippen LogP) is 4.62. The normalized spacial score (nSPS) is 10.8. The molecule has 3 aromatic rings. The number of carbonyl (C=O) groups excluding carboxylic acids is 1. The number of thioether (sulfide) groups is 1. The van der Waals surface area contributed by atoms with Gasteiger partial charge in [-0.1, -0.05) is 36.7 Å². The van der Waals surface area contributed by atoms with Crippen molar-refractivity contribution in [2.45, 2.75) is 19.1 Å². The summed E-state index contributed by atoms with van der Waals surface area (Å²) in [7, 11) is 0. The molecule has 2 aromatic carbocycles. The molecule has 1 amide bonds. The number of fused-ring (bicyclic) bond motifs is 1. The van der Waals surface area contributed by atoms with Gasteiger partial charge in [-0.25, -0.2) is 0 Å². The zero-order valence-corrected chi connectivity index (χ0v) is 15.9. The van der Waals surface area contributed by atoms with Crippen LogP contribution in [0.1, 0.15) is 18.2 Å². The number of para-hydroxylation sites is 1. The Kier molecular flexibility index (Phi) is 6.01. The van der Waals surface area contributed by atoms with Crippen LogP contribution in [0.2, 0.25) is 5.02 Å². The zero-order chi connectivity index (χ0) is 18.5. The SMILES string of the molecule is CCc1ccccc1NC(=O)CSCc1cc(=O)c2cc(Cl)ccc2[nH]1. The number of pyridine rings is 1. The van der Waals surface area contributed by atoms with Crippen LogP contribution in [-0.4, -0.2) is 16.6 Å². The van der Waals surface area contributed by atoms with Gasteiger partial charge < -0.3 is 10.3 Å². The summed E-state index contributed by atoms with van der Waals surface area (Å²) in [5.74, 6) is 0.820. The molecule has 6 heteroatoms. The molecule has 0 spiro atoms. The number of amides is 1. The Morgan fingerprint density at radius 3 is 2.81 bits per heavy atom. The van der Waals surface area contributed by atoms with Crippen LogP contribution in [0.3, 0.4) is 0 Å². The topological polar surface area (TPSA) is 62.0 Å². The van der Waals surface area contributed by atoms with Gasteiger partial charge in [-0.2, -0.15) is 0 Å². The van der Waals surface area contributed by atoms with Crippen molar-refractivity contribution in [3.05, 3.63) is 75.0 Å². The highest BCUT2D eigenvalue weighted by Crippen LogP contribution is 2.18. The van der Waals surface area contributed by atoms with Gasteiger partial charge in [0.1, 0.15) is 0 Å². The Balaban J connectivity index is 1.61. The number of nitrogens with one attached hydrogen (secondary N) is 2. The first kappa shape index (κ1) is 18.5. The van der Waals surface area contributed by atoms with Crippen LogP contribution < -0.4 is 10.7 Å². The predicted molar refractivity (Wildman–Crippen MR) is 110 cm³/mol. The molecule has 0 aliphatic heterocycles. The molecule has 0 aliphatic rings. The summed E-state index contributed by atoms with van der Waals surface area (Å²) >= 11 is 7.39. The van der Waals surface area contributed by atoms with E-state index in [9.17, 15) is 9.59 Å². The molecule has 0 bridgehead atoms. The quantitative estimate of drug-likeness (QED) is 0.650. The summed E-state index contributed by atoms with van der Waals surface area (Å²) in [4.78, 5) is 27.6. The van der Waals surface area contributed by atoms with Crippen molar-refractivity contribution in [3.8, 4) is 0 Å². The lowest BCUT2D eigenvalue weighted by atomic mass is 10.1. The molecule has 2 N–H and O–H groups in total. The number of H-pyrrole nitrogens is 1. The van der Waals surface area contributed by atoms with E-state index in [1.165, 1.54) is 11.8 Å². The Labute approximate surface area is 161 Å². The number of anilines is 1. The van der Waals surface area contributed by atoms with Crippen LogP contribution >= 0.6 is 23.4 Å². The summed E-state index contributed by atoms with van der Waals surface area (Å²) in [6.45, 7) is 2.06. The minimum absolute atomic E-state index is 0.0502. The number of aryl methyl sites for hydroxylation is 1. The number of hydrogen-bond donors (Lipinski definition) is 2. The first-order valence-electron chi connectivity index (χ1n) is 8.34. The van der Waals surface area contributed by atoms with Crippen LogP contribution in [0.15, 0.2) is 53.3 Å². The molecule has 1 heterocycles. The van der Waals surface area contributed by atoms with Gasteiger partial charge >= 0.3 is 0 Å². The van der Waals surface area contributed by atoms with Crippen LogP contribution in [-0.2, 0) is 17.0 Å². The number of hydrogen-bond acceptors (Lipinski definition) is 3. The van der Waals surface area contributed by atoms with Crippen molar-refractivity contribution in [3.63, 3.8) is 0 Å². The molecule has 3 rings (SSSR count). The van der Waals surface area contributed by atoms with Crippen LogP contribution in [0.4, 0.5) is 5.69 Å². The maximum atomic E-state index is 12.2. The summed E-state index contributed by atoms with van der Waals surface area (Å²) < 4.78 is 0. The third kappa shape index (κ3) is 4.48. The lowest BCUT2D eigenvalue weighted by molar-refractivity contribution is -0.113. The number of benzene rings is 2. The molecule has 0 radical (unpaired) electrons. The lowest BCUT2D eigenvalue weighted by Gasteiger charge is -2.09. The van der Waals surface area contributed by atoms with Gasteiger partial charge in [0.2, 0.25) is 5.91 Å². The molecule has 0 fully saturated rings. The first-order chi connectivity index (χ1) is 12.6. The van der Waals surface area contributed by atoms with E-state index in [-0.39, 0.29) is 11.3 Å². The molecule has 4 nitrogen and oxygen atoms in total. The van der Waals surface area contributed by atoms with E-state index in [2.05, 4.69) is 17.2 Å². The van der Waals surface area contributed by atoms with Crippen molar-refractivity contribution in [1.82, 2.24) is 4.98 Å². The van der Waals surface area contributed by atoms with Gasteiger partial charge in [-0.3, -0.25) is 9.59 Å². The van der Waals surface area contributed by atoms with E-state index < -0.39 is 0 Å². The molecule has 0 saturated carbocycles. The van der Waals surface area contributed by atoms with Crippen LogP contribution in [0.25, 0.3) is 10.9 Å². The van der Waals surface area contributed by atoms with Gasteiger partial charge in [0.15, 0.2) is 5.43 Å². The van der Waals surface area contributed by atoms with Crippen molar-refractivity contribution in [2.24, 2.45) is 0 Å². The van der Waals surface area contributed by atoms with Crippen molar-refractivity contribution >= 4 is 45.9 Å². The average molecular weight is 387 g/mol. The zero-order valence-electron chi connectivity index (χ0n) is 14.3. The van der Waals surface area contributed by atoms with E-state index in [0.29, 0.717) is 21.9 Å². The highest BCUT2D eigenvalue weighted by atomic mass is 35.5. The number of halogens is 1. The fourth-order valence-electron chi connectivity index (χ4n) is 2.74. The second-order valence-electron chi connectivity index (χ2n) is 5.90. The number of aromatic amines is 1. The highest BCUT2D eigenvalue weighted by Gasteiger charge is 2.07. The standard InChI is InChI=1S/C20H19ClN2O2S/c1-2-13-5-3-4-6-17(13)23-20(25)12-26-11-15-10-19(24)16-9-14(21)7-8-18(16)22-15/h3-10H,2,11-12H2,1H3,(H,22,24)(H,23,25). The van der Waals surface area contributed by atoms with E-state index in [1.807, 2.05) is 24.3 Å². The molecule has 0 aliphatic carbocycles. The Morgan fingerprint density at radius 2 is 2.00 bits per heavy atom. The van der Waals surface area contributed by atoms with Crippen LogP contribution in [0.5, 0.6) is 0 Å². The average Bonchev–Trinajstić information content (AvgIpc) is 2.63. The molecule has 0 saturated heterocycles. The third-order valence-electron chi connectivity index (χ3n) is 4.01. The van der Waals surface area contributed by atoms with Gasteiger partial charge in [0, 0.05) is 39.1 Å². The second-order valence-corrected chi connectivity index (χ2v) is 7.32. The molecular weight excluding hydrogens is 368 g/mol. The van der Waals surface area contributed by atoms with Gasteiger partial charge in [0.05, 0.1) is 5.75 Å². The molecule has 0 unspecified atom stereocenters. The maximum Gasteiger partial charge on any atom is 0.234 e. The number of rotatable bonds is 6. The Morgan fingerprint density at radius 1 is 1.19 bits per heavy atom. The summed E-state index contributed by atoms with van der Waals surface area (Å²) in [5.41, 5.74) is 3.44. The Hall–Kier alpha value is -2.24. The van der Waals surface area contributed by atoms with E-state index in [0.717, 1.165) is 28.9 Å². The summed E-state index contributed by atoms with van der Waals surface area (Å²) in [6, 6.07) is 14.6. The van der Waals surface area contributed by atoms with E-state index in [4.69, 9.17) is 11.6 Å².